The van der Waals surface area contributed by atoms with E-state index in [0.29, 0.717) is 12.2 Å². The second-order valence-electron chi connectivity index (χ2n) is 7.20. The Morgan fingerprint density at radius 3 is 2.55 bits per heavy atom. The van der Waals surface area contributed by atoms with Gasteiger partial charge in [0.1, 0.15) is 0 Å². The van der Waals surface area contributed by atoms with Gasteiger partial charge in [0, 0.05) is 54.4 Å². The number of benzene rings is 3. The predicted octanol–water partition coefficient (Wildman–Crippen LogP) is 4.68. The molecule has 1 amide bonds. The van der Waals surface area contributed by atoms with Crippen LogP contribution in [-0.2, 0) is 0 Å². The number of fused-ring (bicyclic) bond motifs is 1. The number of amides is 1. The lowest BCUT2D eigenvalue weighted by molar-refractivity contribution is -0.384. The number of hydrogen-bond acceptors (Lipinski definition) is 4. The maximum absolute atomic E-state index is 13.0. The second-order valence-corrected chi connectivity index (χ2v) is 7.20. The topological polar surface area (TPSA) is 100 Å². The minimum absolute atomic E-state index is 0.0852. The maximum Gasteiger partial charge on any atom is 0.270 e. The fourth-order valence-electron chi connectivity index (χ4n) is 3.82. The Morgan fingerprint density at radius 2 is 1.81 bits per heavy atom. The molecule has 156 valence electrons. The van der Waals surface area contributed by atoms with Crippen molar-refractivity contribution < 1.29 is 9.72 Å². The van der Waals surface area contributed by atoms with Gasteiger partial charge in [-0.3, -0.25) is 14.9 Å². The molecule has 1 unspecified atom stereocenters. The van der Waals surface area contributed by atoms with Crippen LogP contribution in [0.3, 0.4) is 0 Å². The van der Waals surface area contributed by atoms with Crippen molar-refractivity contribution in [2.45, 2.75) is 5.92 Å². The van der Waals surface area contributed by atoms with Gasteiger partial charge in [-0.15, -0.1) is 0 Å². The zero-order valence-electron chi connectivity index (χ0n) is 17.0. The van der Waals surface area contributed by atoms with Crippen molar-refractivity contribution in [3.8, 4) is 0 Å². The number of hydrogen-bond donors (Lipinski definition) is 3. The van der Waals surface area contributed by atoms with Crippen LogP contribution in [0.5, 0.6) is 0 Å². The molecule has 3 N–H and O–H groups in total. The van der Waals surface area contributed by atoms with E-state index in [-0.39, 0.29) is 23.1 Å². The molecule has 4 aromatic rings. The van der Waals surface area contributed by atoms with Crippen LogP contribution in [0, 0.1) is 10.1 Å². The number of carbonyl (C=O) groups is 1. The van der Waals surface area contributed by atoms with E-state index < -0.39 is 4.92 Å². The molecular formula is C24H22N4O3. The summed E-state index contributed by atoms with van der Waals surface area (Å²) in [7, 11) is 1.68. The van der Waals surface area contributed by atoms with Crippen LogP contribution in [0.25, 0.3) is 10.9 Å². The number of nitrogens with one attached hydrogen (secondary N) is 3. The average molecular weight is 414 g/mol. The van der Waals surface area contributed by atoms with Gasteiger partial charge in [-0.25, -0.2) is 0 Å². The van der Waals surface area contributed by atoms with Crippen molar-refractivity contribution in [3.63, 3.8) is 0 Å². The minimum atomic E-state index is -0.505. The van der Waals surface area contributed by atoms with Crippen LogP contribution >= 0.6 is 0 Å². The summed E-state index contributed by atoms with van der Waals surface area (Å²) in [5, 5.41) is 18.2. The van der Waals surface area contributed by atoms with Gasteiger partial charge < -0.3 is 15.6 Å². The van der Waals surface area contributed by atoms with E-state index in [4.69, 9.17) is 0 Å². The molecule has 0 bridgehead atoms. The van der Waals surface area contributed by atoms with Gasteiger partial charge in [0.05, 0.1) is 10.5 Å². The van der Waals surface area contributed by atoms with Crippen LogP contribution in [0.2, 0.25) is 0 Å². The summed E-state index contributed by atoms with van der Waals surface area (Å²) in [5.41, 5.74) is 3.82. The molecule has 7 nitrogen and oxygen atoms in total. The first-order valence-electron chi connectivity index (χ1n) is 9.94. The Morgan fingerprint density at radius 1 is 1.06 bits per heavy atom. The summed E-state index contributed by atoms with van der Waals surface area (Å²) < 4.78 is 0. The molecule has 0 aliphatic carbocycles. The lowest BCUT2D eigenvalue weighted by atomic mass is 9.91. The number of aromatic amines is 1. The van der Waals surface area contributed by atoms with Crippen molar-refractivity contribution in [2.75, 3.05) is 18.9 Å². The average Bonchev–Trinajstić information content (AvgIpc) is 3.23. The largest absolute Gasteiger partial charge is 0.387 e. The number of aromatic nitrogens is 1. The van der Waals surface area contributed by atoms with Crippen LogP contribution in [0.1, 0.15) is 27.4 Å². The third-order valence-electron chi connectivity index (χ3n) is 5.39. The molecule has 0 spiro atoms. The Balaban J connectivity index is 1.65. The van der Waals surface area contributed by atoms with E-state index >= 15 is 0 Å². The highest BCUT2D eigenvalue weighted by molar-refractivity contribution is 6.00. The molecule has 0 aliphatic rings. The van der Waals surface area contributed by atoms with Gasteiger partial charge in [-0.2, -0.15) is 0 Å². The summed E-state index contributed by atoms with van der Waals surface area (Å²) in [6.07, 6.45) is 1.97. The summed E-state index contributed by atoms with van der Waals surface area (Å²) in [5.74, 6) is -0.452. The van der Waals surface area contributed by atoms with E-state index in [9.17, 15) is 14.9 Å². The molecule has 1 aromatic heterocycles. The molecule has 0 radical (unpaired) electrons. The van der Waals surface area contributed by atoms with E-state index in [1.54, 1.807) is 13.1 Å². The van der Waals surface area contributed by atoms with Gasteiger partial charge in [0.25, 0.3) is 11.6 Å². The summed E-state index contributed by atoms with van der Waals surface area (Å²) in [6.45, 7) is 0.344. The van der Waals surface area contributed by atoms with E-state index in [1.165, 1.54) is 12.1 Å². The molecule has 0 aliphatic heterocycles. The van der Waals surface area contributed by atoms with Crippen molar-refractivity contribution in [3.05, 3.63) is 106 Å². The first-order valence-corrected chi connectivity index (χ1v) is 9.94. The Labute approximate surface area is 179 Å². The number of carbonyl (C=O) groups excluding carboxylic acids is 1. The second kappa shape index (κ2) is 8.71. The smallest absolute Gasteiger partial charge is 0.270 e. The number of nitrogens with zero attached hydrogens (tertiary/aromatic N) is 1. The highest BCUT2D eigenvalue weighted by Crippen LogP contribution is 2.31. The first kappa shape index (κ1) is 20.2. The lowest BCUT2D eigenvalue weighted by Gasteiger charge is -2.19. The van der Waals surface area contributed by atoms with E-state index in [0.717, 1.165) is 22.0 Å². The van der Waals surface area contributed by atoms with Crippen molar-refractivity contribution in [1.82, 2.24) is 10.3 Å². The molecule has 31 heavy (non-hydrogen) atoms. The molecule has 7 heteroatoms. The highest BCUT2D eigenvalue weighted by Gasteiger charge is 2.21. The van der Waals surface area contributed by atoms with Crippen LogP contribution in [0.15, 0.2) is 79.0 Å². The maximum atomic E-state index is 13.0. The van der Waals surface area contributed by atoms with Crippen molar-refractivity contribution in [2.24, 2.45) is 0 Å². The fourth-order valence-corrected chi connectivity index (χ4v) is 3.82. The Kier molecular flexibility index (Phi) is 5.66. The molecule has 3 aromatic carbocycles. The fraction of sp³-hybridized carbons (Fsp3) is 0.125. The standard InChI is InChI=1S/C24H22N4O3/c1-25-22-12-11-17(28(30)31)13-19(22)24(29)27-14-20(16-7-3-2-4-8-16)21-15-26-23-10-6-5-9-18(21)23/h2-13,15,20,25-26H,14H2,1H3,(H,27,29). The van der Waals surface area contributed by atoms with Crippen LogP contribution in [-0.4, -0.2) is 29.4 Å². The first-order chi connectivity index (χ1) is 15.1. The Bertz CT molecular complexity index is 1230. The number of nitro groups is 1. The van der Waals surface area contributed by atoms with Gasteiger partial charge in [0.2, 0.25) is 0 Å². The number of para-hydroxylation sites is 1. The summed E-state index contributed by atoms with van der Waals surface area (Å²) >= 11 is 0. The SMILES string of the molecule is CNc1ccc([N+](=O)[O-])cc1C(=O)NCC(c1ccccc1)c1c[nH]c2ccccc12. The number of rotatable bonds is 7. The third kappa shape index (κ3) is 4.11. The molecule has 0 fully saturated rings. The predicted molar refractivity (Wildman–Crippen MR) is 122 cm³/mol. The molecule has 4 rings (SSSR count). The van der Waals surface area contributed by atoms with Gasteiger partial charge in [-0.05, 0) is 23.3 Å². The van der Waals surface area contributed by atoms with E-state index in [2.05, 4.69) is 21.7 Å². The zero-order chi connectivity index (χ0) is 21.8. The van der Waals surface area contributed by atoms with E-state index in [1.807, 2.05) is 54.7 Å². The monoisotopic (exact) mass is 414 g/mol. The number of non-ortho nitro benzene ring substituents is 1. The highest BCUT2D eigenvalue weighted by atomic mass is 16.6. The Hall–Kier alpha value is -4.13. The normalized spacial score (nSPS) is 11.8. The van der Waals surface area contributed by atoms with Crippen LogP contribution < -0.4 is 10.6 Å². The quantitative estimate of drug-likeness (QED) is 0.302. The van der Waals surface area contributed by atoms with Gasteiger partial charge in [-0.1, -0.05) is 48.5 Å². The van der Waals surface area contributed by atoms with Crippen LogP contribution in [0.4, 0.5) is 11.4 Å². The zero-order valence-corrected chi connectivity index (χ0v) is 17.0. The number of H-pyrrole nitrogens is 1. The van der Waals surface area contributed by atoms with Gasteiger partial charge >= 0.3 is 0 Å². The summed E-state index contributed by atoms with van der Waals surface area (Å²) in [4.78, 5) is 26.9. The lowest BCUT2D eigenvalue weighted by Crippen LogP contribution is -2.29. The molecule has 1 heterocycles. The number of anilines is 1. The minimum Gasteiger partial charge on any atom is -0.387 e. The molecule has 0 saturated carbocycles. The molecule has 1 atom stereocenters. The molecule has 0 saturated heterocycles. The van der Waals surface area contributed by atoms with Gasteiger partial charge in [0.15, 0.2) is 0 Å². The summed E-state index contributed by atoms with van der Waals surface area (Å²) in [6, 6.07) is 22.2. The molecular weight excluding hydrogens is 392 g/mol. The third-order valence-corrected chi connectivity index (χ3v) is 5.39. The van der Waals surface area contributed by atoms with Crippen molar-refractivity contribution in [1.29, 1.82) is 0 Å². The number of nitro benzene ring substituents is 1. The van der Waals surface area contributed by atoms with Crippen molar-refractivity contribution >= 4 is 28.2 Å².